The highest BCUT2D eigenvalue weighted by Gasteiger charge is 2.48. The lowest BCUT2D eigenvalue weighted by atomic mass is 10.1. The van der Waals surface area contributed by atoms with Gasteiger partial charge >= 0.3 is 5.97 Å². The monoisotopic (exact) mass is 621 g/mol. The van der Waals surface area contributed by atoms with Gasteiger partial charge in [0.15, 0.2) is 5.69 Å². The van der Waals surface area contributed by atoms with Crippen molar-refractivity contribution in [3.8, 4) is 5.75 Å². The Morgan fingerprint density at radius 3 is 2.64 bits per heavy atom. The van der Waals surface area contributed by atoms with E-state index in [9.17, 15) is 28.0 Å². The van der Waals surface area contributed by atoms with Gasteiger partial charge in [0.05, 0.1) is 6.54 Å². The number of esters is 1. The Morgan fingerprint density at radius 2 is 1.89 bits per heavy atom. The average Bonchev–Trinajstić information content (AvgIpc) is 3.63. The number of nitrogens with one attached hydrogen (secondary N) is 2. The van der Waals surface area contributed by atoms with Gasteiger partial charge in [0.2, 0.25) is 18.0 Å². The maximum atomic E-state index is 14.2. The van der Waals surface area contributed by atoms with Gasteiger partial charge in [0.25, 0.3) is 11.8 Å². The summed E-state index contributed by atoms with van der Waals surface area (Å²) in [5.74, 6) is -3.90. The van der Waals surface area contributed by atoms with Crippen molar-refractivity contribution in [3.05, 3.63) is 99.0 Å². The van der Waals surface area contributed by atoms with Crippen molar-refractivity contribution >= 4 is 17.8 Å². The quantitative estimate of drug-likeness (QED) is 0.261. The van der Waals surface area contributed by atoms with Crippen LogP contribution in [0.4, 0.5) is 8.78 Å². The largest absolute Gasteiger partial charge is 0.451 e. The summed E-state index contributed by atoms with van der Waals surface area (Å²) < 4.78 is 40.1. The molecule has 2 fully saturated rings. The average molecular weight is 622 g/mol. The Bertz CT molecular complexity index is 1680. The third-order valence-electron chi connectivity index (χ3n) is 8.65. The molecule has 3 aromatic rings. The van der Waals surface area contributed by atoms with Crippen LogP contribution in [0.2, 0.25) is 0 Å². The van der Waals surface area contributed by atoms with Crippen LogP contribution < -0.4 is 20.8 Å². The van der Waals surface area contributed by atoms with Gasteiger partial charge in [-0.3, -0.25) is 24.1 Å². The fourth-order valence-corrected chi connectivity index (χ4v) is 6.34. The molecule has 4 heterocycles. The molecule has 3 aliphatic rings. The molecule has 2 saturated heterocycles. The summed E-state index contributed by atoms with van der Waals surface area (Å²) in [5, 5.41) is 5.40. The van der Waals surface area contributed by atoms with E-state index in [0.29, 0.717) is 25.6 Å². The number of likely N-dealkylation sites (N-methyl/N-ethyl adjacent to an activating group) is 1. The van der Waals surface area contributed by atoms with Gasteiger partial charge in [-0.15, -0.1) is 0 Å². The number of fused-ring (bicyclic) bond motifs is 4. The second-order valence-electron chi connectivity index (χ2n) is 11.3. The number of halogens is 2. The Hall–Kier alpha value is -4.62. The van der Waals surface area contributed by atoms with Crippen molar-refractivity contribution in [3.63, 3.8) is 0 Å². The fraction of sp³-hybridized carbons (Fsp3) is 0.375. The van der Waals surface area contributed by atoms with E-state index in [0.717, 1.165) is 31.0 Å². The molecule has 2 aromatic carbocycles. The molecule has 0 bridgehead atoms. The number of nitrogens with zero attached hydrogens (tertiary/aromatic N) is 3. The van der Waals surface area contributed by atoms with E-state index < -0.39 is 53.4 Å². The number of carbonyl (C=O) groups excluding carboxylic acids is 3. The lowest BCUT2D eigenvalue weighted by molar-refractivity contribution is -0.152. The molecule has 2 N–H and O–H groups in total. The molecule has 2 unspecified atom stereocenters. The van der Waals surface area contributed by atoms with E-state index in [1.165, 1.54) is 16.8 Å². The highest BCUT2D eigenvalue weighted by Crippen LogP contribution is 2.35. The predicted molar refractivity (Wildman–Crippen MR) is 157 cm³/mol. The number of pyridine rings is 1. The summed E-state index contributed by atoms with van der Waals surface area (Å²) >= 11 is 0. The maximum Gasteiger partial charge on any atom is 0.326 e. The molecule has 45 heavy (non-hydrogen) atoms. The molecule has 6 rings (SSSR count). The number of hydrogen-bond acceptors (Lipinski definition) is 8. The van der Waals surface area contributed by atoms with Crippen LogP contribution in [0.5, 0.6) is 5.75 Å². The maximum absolute atomic E-state index is 14.2. The predicted octanol–water partition coefficient (Wildman–Crippen LogP) is 2.03. The summed E-state index contributed by atoms with van der Waals surface area (Å²) in [6, 6.07) is 11.8. The molecule has 2 amide bonds. The normalized spacial score (nSPS) is 19.4. The van der Waals surface area contributed by atoms with E-state index in [1.54, 1.807) is 11.9 Å². The van der Waals surface area contributed by atoms with E-state index >= 15 is 0 Å². The Morgan fingerprint density at radius 1 is 1.09 bits per heavy atom. The summed E-state index contributed by atoms with van der Waals surface area (Å²) in [5.41, 5.74) is -0.318. The molecule has 0 radical (unpaired) electrons. The summed E-state index contributed by atoms with van der Waals surface area (Å²) in [6.45, 7) is 0.657. The summed E-state index contributed by atoms with van der Waals surface area (Å²) in [4.78, 5) is 57.6. The number of amides is 2. The zero-order valence-electron chi connectivity index (χ0n) is 24.6. The van der Waals surface area contributed by atoms with Crippen LogP contribution in [-0.2, 0) is 29.0 Å². The van der Waals surface area contributed by atoms with Gasteiger partial charge in [0.1, 0.15) is 29.4 Å². The van der Waals surface area contributed by atoms with Crippen LogP contribution in [0, 0.1) is 11.6 Å². The molecule has 1 aromatic heterocycles. The first-order chi connectivity index (χ1) is 21.7. The lowest BCUT2D eigenvalue weighted by Gasteiger charge is -2.36. The van der Waals surface area contributed by atoms with E-state index in [2.05, 4.69) is 15.5 Å². The zero-order chi connectivity index (χ0) is 31.7. The number of aromatic nitrogens is 1. The van der Waals surface area contributed by atoms with Crippen molar-refractivity contribution in [2.45, 2.75) is 50.6 Å². The highest BCUT2D eigenvalue weighted by atomic mass is 19.1. The standard InChI is InChI=1S/C32H33F2N5O6/c1-35-25(12-19-6-3-2-4-7-19)32(43)45-18-44-29-27-31(42)39-15-22-8-5-11-38(22)26(39)17-37(27)16-23(28(29)40)30(41)36-14-20-9-10-21(33)13-24(20)34/h2-4,6-7,9-10,13,16,22,25-26,35H,5,8,11-12,14-15,17-18H2,1H3,(H,36,41)/t22?,25?,26-/m0/s1. The molecular formula is C32H33F2N5O6. The molecule has 0 aliphatic carbocycles. The lowest BCUT2D eigenvalue weighted by Crippen LogP contribution is -2.51. The van der Waals surface area contributed by atoms with Gasteiger partial charge in [-0.1, -0.05) is 36.4 Å². The van der Waals surface area contributed by atoms with Crippen LogP contribution in [0.25, 0.3) is 0 Å². The van der Waals surface area contributed by atoms with E-state index in [1.807, 2.05) is 30.3 Å². The third kappa shape index (κ3) is 6.05. The molecule has 236 valence electrons. The minimum atomic E-state index is -0.879. The molecule has 0 saturated carbocycles. The van der Waals surface area contributed by atoms with Crippen LogP contribution in [0.3, 0.4) is 0 Å². The molecular weight excluding hydrogens is 588 g/mol. The topological polar surface area (TPSA) is 122 Å². The zero-order valence-corrected chi connectivity index (χ0v) is 24.6. The van der Waals surface area contributed by atoms with Gasteiger partial charge in [-0.05, 0) is 37.9 Å². The van der Waals surface area contributed by atoms with Crippen LogP contribution in [-0.4, -0.2) is 77.3 Å². The molecule has 3 atom stereocenters. The number of rotatable bonds is 10. The molecule has 0 spiro atoms. The Balaban J connectivity index is 1.25. The van der Waals surface area contributed by atoms with Crippen LogP contribution in [0.15, 0.2) is 59.5 Å². The van der Waals surface area contributed by atoms with Crippen molar-refractivity contribution in [2.75, 3.05) is 26.9 Å². The van der Waals surface area contributed by atoms with Gasteiger partial charge in [-0.25, -0.2) is 8.78 Å². The van der Waals surface area contributed by atoms with Gasteiger partial charge in [0, 0.05) is 43.5 Å². The van der Waals surface area contributed by atoms with Crippen molar-refractivity contribution in [1.82, 2.24) is 25.0 Å². The number of hydrogen-bond donors (Lipinski definition) is 2. The van der Waals surface area contributed by atoms with E-state index in [-0.39, 0.29) is 35.6 Å². The minimum absolute atomic E-state index is 0.0256. The first-order valence-corrected chi connectivity index (χ1v) is 14.8. The Kier molecular flexibility index (Phi) is 8.63. The van der Waals surface area contributed by atoms with Crippen molar-refractivity contribution in [2.24, 2.45) is 0 Å². The highest BCUT2D eigenvalue weighted by molar-refractivity contribution is 5.99. The van der Waals surface area contributed by atoms with Gasteiger partial charge in [-0.2, -0.15) is 0 Å². The van der Waals surface area contributed by atoms with E-state index in [4.69, 9.17) is 9.47 Å². The Labute approximate surface area is 257 Å². The second-order valence-corrected chi connectivity index (χ2v) is 11.3. The molecule has 3 aliphatic heterocycles. The smallest absolute Gasteiger partial charge is 0.326 e. The third-order valence-corrected chi connectivity index (χ3v) is 8.65. The van der Waals surface area contributed by atoms with Crippen LogP contribution in [0.1, 0.15) is 44.8 Å². The minimum Gasteiger partial charge on any atom is -0.451 e. The second kappa shape index (κ2) is 12.8. The van der Waals surface area contributed by atoms with Gasteiger partial charge < -0.3 is 29.6 Å². The summed E-state index contributed by atoms with van der Waals surface area (Å²) in [7, 11) is 1.62. The van der Waals surface area contributed by atoms with Crippen molar-refractivity contribution in [1.29, 1.82) is 0 Å². The summed E-state index contributed by atoms with van der Waals surface area (Å²) in [6.07, 6.45) is 3.39. The first kappa shape index (κ1) is 30.4. The first-order valence-electron chi connectivity index (χ1n) is 14.8. The molecule has 13 heteroatoms. The SMILES string of the molecule is CNC(Cc1ccccc1)C(=O)OCOc1c2n(cc(C(=O)NCc3ccc(F)cc3F)c1=O)C[C@@H]1N(CC3CCCN31)C2=O. The van der Waals surface area contributed by atoms with Crippen molar-refractivity contribution < 1.29 is 32.6 Å². The number of carbonyl (C=O) groups is 3. The number of benzene rings is 2. The fourth-order valence-electron chi connectivity index (χ4n) is 6.34. The number of ether oxygens (including phenoxy) is 2. The molecule has 11 nitrogen and oxygen atoms in total. The van der Waals surface area contributed by atoms with Crippen LogP contribution >= 0.6 is 0 Å².